The van der Waals surface area contributed by atoms with E-state index in [0.717, 1.165) is 0 Å². The van der Waals surface area contributed by atoms with Gasteiger partial charge in [-0.1, -0.05) is 13.8 Å². The molecule has 0 saturated carbocycles. The minimum absolute atomic E-state index is 0.0639. The molecule has 0 saturated heterocycles. The van der Waals surface area contributed by atoms with Gasteiger partial charge in [0.05, 0.1) is 6.54 Å². The van der Waals surface area contributed by atoms with E-state index in [1.165, 1.54) is 0 Å². The first-order valence-corrected chi connectivity index (χ1v) is 9.47. The zero-order chi connectivity index (χ0) is 22.9. The van der Waals surface area contributed by atoms with E-state index in [1.807, 2.05) is 0 Å². The minimum atomic E-state index is -0.814. The van der Waals surface area contributed by atoms with Crippen molar-refractivity contribution in [3.8, 4) is 0 Å². The van der Waals surface area contributed by atoms with Crippen LogP contribution < -0.4 is 21.7 Å². The number of primary amides is 1. The van der Waals surface area contributed by atoms with Crippen LogP contribution in [0.1, 0.15) is 51.5 Å². The molecule has 11 heteroatoms. The summed E-state index contributed by atoms with van der Waals surface area (Å²) in [6.45, 7) is 8.52. The SMILES string of the molecule is CC(C)[C@H](NC(=O)CCN=C(NC(=O)OC(C)(C)C)NC(=O)c1ccc[nH]1)C(N)=O. The minimum Gasteiger partial charge on any atom is -0.444 e. The molecular weight excluding hydrogens is 392 g/mol. The fraction of sp³-hybridized carbons (Fsp3) is 0.526. The molecule has 0 aliphatic carbocycles. The first-order chi connectivity index (χ1) is 13.9. The van der Waals surface area contributed by atoms with Gasteiger partial charge in [-0.2, -0.15) is 0 Å². The van der Waals surface area contributed by atoms with E-state index < -0.39 is 35.5 Å². The van der Waals surface area contributed by atoms with E-state index in [1.54, 1.807) is 52.9 Å². The molecule has 1 aromatic heterocycles. The van der Waals surface area contributed by atoms with E-state index >= 15 is 0 Å². The Morgan fingerprint density at radius 1 is 1.20 bits per heavy atom. The Balaban J connectivity index is 2.78. The Kier molecular flexibility index (Phi) is 9.03. The molecule has 0 spiro atoms. The van der Waals surface area contributed by atoms with E-state index in [0.29, 0.717) is 0 Å². The van der Waals surface area contributed by atoms with Crippen molar-refractivity contribution >= 4 is 29.8 Å². The number of hydrogen-bond acceptors (Lipinski definition) is 6. The molecule has 0 radical (unpaired) electrons. The average Bonchev–Trinajstić information content (AvgIpc) is 3.11. The lowest BCUT2D eigenvalue weighted by Crippen LogP contribution is -2.48. The van der Waals surface area contributed by atoms with Gasteiger partial charge < -0.3 is 20.8 Å². The summed E-state index contributed by atoms with van der Waals surface area (Å²) in [7, 11) is 0. The molecule has 4 amide bonds. The summed E-state index contributed by atoms with van der Waals surface area (Å²) in [5.74, 6) is -1.95. The number of rotatable bonds is 7. The number of aliphatic imine (C=N–C) groups is 1. The predicted molar refractivity (Wildman–Crippen MR) is 111 cm³/mol. The number of H-pyrrole nitrogens is 1. The number of aromatic amines is 1. The highest BCUT2D eigenvalue weighted by atomic mass is 16.6. The van der Waals surface area contributed by atoms with Crippen LogP contribution in [0, 0.1) is 5.92 Å². The Hall–Kier alpha value is -3.37. The molecule has 1 rings (SSSR count). The maximum atomic E-state index is 12.2. The van der Waals surface area contributed by atoms with Crippen LogP contribution >= 0.6 is 0 Å². The van der Waals surface area contributed by atoms with Crippen molar-refractivity contribution in [2.45, 2.75) is 52.7 Å². The van der Waals surface area contributed by atoms with Crippen molar-refractivity contribution in [1.29, 1.82) is 0 Å². The third-order valence-electron chi connectivity index (χ3n) is 3.59. The van der Waals surface area contributed by atoms with Gasteiger partial charge in [0, 0.05) is 12.6 Å². The lowest BCUT2D eigenvalue weighted by molar-refractivity contribution is -0.128. The Morgan fingerprint density at radius 2 is 1.87 bits per heavy atom. The van der Waals surface area contributed by atoms with E-state index in [9.17, 15) is 19.2 Å². The number of ether oxygens (including phenoxy) is 1. The molecule has 1 atom stereocenters. The molecule has 6 N–H and O–H groups in total. The van der Waals surface area contributed by atoms with Gasteiger partial charge in [0.25, 0.3) is 5.91 Å². The molecule has 1 aromatic rings. The highest BCUT2D eigenvalue weighted by Gasteiger charge is 2.22. The highest BCUT2D eigenvalue weighted by molar-refractivity contribution is 6.08. The first-order valence-electron chi connectivity index (χ1n) is 9.47. The number of nitrogens with two attached hydrogens (primary N) is 1. The summed E-state index contributed by atoms with van der Waals surface area (Å²) >= 11 is 0. The van der Waals surface area contributed by atoms with Crippen molar-refractivity contribution in [3.05, 3.63) is 24.0 Å². The van der Waals surface area contributed by atoms with Crippen LogP contribution in [0.25, 0.3) is 0 Å². The Morgan fingerprint density at radius 3 is 2.37 bits per heavy atom. The lowest BCUT2D eigenvalue weighted by Gasteiger charge is -2.20. The van der Waals surface area contributed by atoms with Crippen molar-refractivity contribution in [2.75, 3.05) is 6.54 Å². The molecule has 0 aliphatic rings. The third kappa shape index (κ3) is 9.22. The molecular formula is C19H30N6O5. The quantitative estimate of drug-likeness (QED) is 0.320. The van der Waals surface area contributed by atoms with Crippen LogP contribution in [0.4, 0.5) is 4.79 Å². The number of alkyl carbamates (subject to hydrolysis) is 1. The molecule has 1 heterocycles. The second kappa shape index (κ2) is 11.0. The topological polar surface area (TPSA) is 168 Å². The summed E-state index contributed by atoms with van der Waals surface area (Å²) in [5.41, 5.74) is 4.78. The van der Waals surface area contributed by atoms with E-state index in [2.05, 4.69) is 25.9 Å². The maximum absolute atomic E-state index is 12.2. The van der Waals surface area contributed by atoms with Gasteiger partial charge in [-0.3, -0.25) is 30.0 Å². The number of hydrogen-bond donors (Lipinski definition) is 5. The summed E-state index contributed by atoms with van der Waals surface area (Å²) in [6, 6.07) is 2.39. The summed E-state index contributed by atoms with van der Waals surface area (Å²) in [6.07, 6.45) is 0.668. The number of aromatic nitrogens is 1. The molecule has 0 aromatic carbocycles. The van der Waals surface area contributed by atoms with Crippen molar-refractivity contribution in [3.63, 3.8) is 0 Å². The van der Waals surface area contributed by atoms with Crippen LogP contribution in [0.5, 0.6) is 0 Å². The first kappa shape index (κ1) is 24.7. The van der Waals surface area contributed by atoms with Crippen molar-refractivity contribution in [1.82, 2.24) is 20.9 Å². The van der Waals surface area contributed by atoms with Crippen molar-refractivity contribution < 1.29 is 23.9 Å². The van der Waals surface area contributed by atoms with Gasteiger partial charge >= 0.3 is 6.09 Å². The number of nitrogens with one attached hydrogen (secondary N) is 4. The largest absolute Gasteiger partial charge is 0.444 e. The second-order valence-electron chi connectivity index (χ2n) is 7.84. The monoisotopic (exact) mass is 422 g/mol. The molecule has 30 heavy (non-hydrogen) atoms. The van der Waals surface area contributed by atoms with Crippen LogP contribution in [-0.4, -0.2) is 52.9 Å². The lowest BCUT2D eigenvalue weighted by atomic mass is 10.0. The Labute approximate surface area is 175 Å². The molecule has 0 aliphatic heterocycles. The van der Waals surface area contributed by atoms with Crippen LogP contribution in [0.15, 0.2) is 23.3 Å². The maximum Gasteiger partial charge on any atom is 0.414 e. The van der Waals surface area contributed by atoms with Gasteiger partial charge in [-0.25, -0.2) is 4.79 Å². The predicted octanol–water partition coefficient (Wildman–Crippen LogP) is 0.641. The molecule has 11 nitrogen and oxygen atoms in total. The average molecular weight is 422 g/mol. The fourth-order valence-electron chi connectivity index (χ4n) is 2.24. The molecule has 166 valence electrons. The standard InChI is InChI=1S/C19H30N6O5/c1-11(2)14(15(20)27)23-13(26)8-10-22-17(25-18(29)30-19(3,4)5)24-16(28)12-7-6-9-21-12/h6-7,9,11,14,21H,8,10H2,1-5H3,(H2,20,27)(H,23,26)(H2,22,24,25,28,29)/t14-/m0/s1. The highest BCUT2D eigenvalue weighted by Crippen LogP contribution is 2.06. The Bertz CT molecular complexity index is 780. The molecule has 0 fully saturated rings. The number of nitrogens with zero attached hydrogens (tertiary/aromatic N) is 1. The summed E-state index contributed by atoms with van der Waals surface area (Å²) in [4.78, 5) is 54.5. The van der Waals surface area contributed by atoms with Gasteiger partial charge in [0.2, 0.25) is 17.8 Å². The number of carbonyl (C=O) groups is 4. The van der Waals surface area contributed by atoms with Gasteiger partial charge in [0.1, 0.15) is 17.3 Å². The zero-order valence-electron chi connectivity index (χ0n) is 17.9. The number of guanidine groups is 1. The summed E-state index contributed by atoms with van der Waals surface area (Å²) in [5, 5.41) is 7.34. The van der Waals surface area contributed by atoms with E-state index in [-0.39, 0.29) is 30.5 Å². The molecule has 0 unspecified atom stereocenters. The zero-order valence-corrected chi connectivity index (χ0v) is 17.9. The van der Waals surface area contributed by atoms with Gasteiger partial charge in [-0.05, 0) is 38.8 Å². The van der Waals surface area contributed by atoms with Gasteiger partial charge in [0.15, 0.2) is 0 Å². The number of carbonyl (C=O) groups excluding carboxylic acids is 4. The smallest absolute Gasteiger partial charge is 0.414 e. The third-order valence-corrected chi connectivity index (χ3v) is 3.59. The van der Waals surface area contributed by atoms with Crippen LogP contribution in [-0.2, 0) is 14.3 Å². The van der Waals surface area contributed by atoms with Crippen molar-refractivity contribution in [2.24, 2.45) is 16.6 Å². The van der Waals surface area contributed by atoms with Gasteiger partial charge in [-0.15, -0.1) is 0 Å². The van der Waals surface area contributed by atoms with Crippen LogP contribution in [0.2, 0.25) is 0 Å². The second-order valence-corrected chi connectivity index (χ2v) is 7.84. The van der Waals surface area contributed by atoms with E-state index in [4.69, 9.17) is 10.5 Å². The normalized spacial score (nSPS) is 12.8. The van der Waals surface area contributed by atoms with Crippen LogP contribution in [0.3, 0.4) is 0 Å². The number of amides is 4. The fourth-order valence-corrected chi connectivity index (χ4v) is 2.24. The molecule has 0 bridgehead atoms. The summed E-state index contributed by atoms with van der Waals surface area (Å²) < 4.78 is 5.15.